The zero-order valence-corrected chi connectivity index (χ0v) is 6.57. The first-order valence-corrected chi connectivity index (χ1v) is 3.20. The highest BCUT2D eigenvalue weighted by molar-refractivity contribution is 6.30. The van der Waals surface area contributed by atoms with E-state index in [0.29, 0.717) is 5.03 Å². The smallest absolute Gasteiger partial charge is 0.0336 e. The van der Waals surface area contributed by atoms with Crippen LogP contribution in [0.25, 0.3) is 0 Å². The molecular weight excluding hydrogens is 132 g/mol. The van der Waals surface area contributed by atoms with Crippen molar-refractivity contribution < 1.29 is 0 Å². The van der Waals surface area contributed by atoms with Gasteiger partial charge in [0.05, 0.1) is 0 Å². The molecule has 0 fully saturated rings. The first-order chi connectivity index (χ1) is 4.16. The number of allylic oxidation sites excluding steroid dienone is 5. The molecule has 1 heteroatoms. The van der Waals surface area contributed by atoms with Crippen LogP contribution in [0.2, 0.25) is 0 Å². The van der Waals surface area contributed by atoms with Gasteiger partial charge in [0.2, 0.25) is 0 Å². The normalized spacial score (nSPS) is 12.6. The minimum atomic E-state index is 0.575. The van der Waals surface area contributed by atoms with Gasteiger partial charge in [-0.05, 0) is 19.9 Å². The van der Waals surface area contributed by atoms with Gasteiger partial charge in [-0.1, -0.05) is 35.9 Å². The predicted molar refractivity (Wildman–Crippen MR) is 43.6 cm³/mol. The molecular formula is C8H11Cl. The van der Waals surface area contributed by atoms with Gasteiger partial charge in [0.1, 0.15) is 0 Å². The molecule has 0 unspecified atom stereocenters. The van der Waals surface area contributed by atoms with Crippen LogP contribution in [0, 0.1) is 0 Å². The van der Waals surface area contributed by atoms with Gasteiger partial charge in [0.25, 0.3) is 0 Å². The summed E-state index contributed by atoms with van der Waals surface area (Å²) in [7, 11) is 0. The molecule has 0 saturated heterocycles. The van der Waals surface area contributed by atoms with Crippen LogP contribution >= 0.6 is 11.6 Å². The maximum atomic E-state index is 5.50. The van der Waals surface area contributed by atoms with Crippen molar-refractivity contribution in [2.75, 3.05) is 0 Å². The quantitative estimate of drug-likeness (QED) is 0.520. The Morgan fingerprint density at radius 3 is 2.44 bits per heavy atom. The molecule has 0 bridgehead atoms. The second-order valence-corrected chi connectivity index (χ2v) is 2.32. The monoisotopic (exact) mass is 142 g/mol. The van der Waals surface area contributed by atoms with Crippen molar-refractivity contribution in [3.63, 3.8) is 0 Å². The second kappa shape index (κ2) is 4.39. The molecule has 0 rings (SSSR count). The lowest BCUT2D eigenvalue weighted by Crippen LogP contribution is -1.66. The first kappa shape index (κ1) is 8.51. The van der Waals surface area contributed by atoms with E-state index in [1.807, 2.05) is 32.1 Å². The molecule has 0 N–H and O–H groups in total. The lowest BCUT2D eigenvalue weighted by Gasteiger charge is -1.87. The van der Waals surface area contributed by atoms with Gasteiger partial charge < -0.3 is 0 Å². The lowest BCUT2D eigenvalue weighted by molar-refractivity contribution is 1.50. The summed E-state index contributed by atoms with van der Waals surface area (Å²) in [6, 6.07) is 0. The molecule has 0 heterocycles. The maximum Gasteiger partial charge on any atom is 0.0336 e. The molecule has 0 atom stereocenters. The van der Waals surface area contributed by atoms with E-state index < -0.39 is 0 Å². The fourth-order valence-electron chi connectivity index (χ4n) is 0.558. The van der Waals surface area contributed by atoms with Crippen molar-refractivity contribution in [2.45, 2.75) is 13.8 Å². The van der Waals surface area contributed by atoms with E-state index in [1.54, 1.807) is 0 Å². The van der Waals surface area contributed by atoms with Gasteiger partial charge in [0, 0.05) is 5.03 Å². The first-order valence-electron chi connectivity index (χ1n) is 2.82. The Morgan fingerprint density at radius 1 is 1.56 bits per heavy atom. The fraction of sp³-hybridized carbons (Fsp3) is 0.250. The van der Waals surface area contributed by atoms with Crippen LogP contribution in [-0.4, -0.2) is 0 Å². The van der Waals surface area contributed by atoms with Crippen molar-refractivity contribution in [2.24, 2.45) is 0 Å². The second-order valence-electron chi connectivity index (χ2n) is 1.84. The van der Waals surface area contributed by atoms with E-state index in [4.69, 9.17) is 11.6 Å². The third-order valence-corrected chi connectivity index (χ3v) is 0.923. The van der Waals surface area contributed by atoms with E-state index in [-0.39, 0.29) is 0 Å². The summed E-state index contributed by atoms with van der Waals surface area (Å²) in [5, 5.41) is 0.575. The lowest BCUT2D eigenvalue weighted by atomic mass is 10.2. The molecule has 0 aromatic carbocycles. The zero-order valence-electron chi connectivity index (χ0n) is 5.82. The van der Waals surface area contributed by atoms with Gasteiger partial charge in [-0.25, -0.2) is 0 Å². The van der Waals surface area contributed by atoms with Crippen molar-refractivity contribution in [1.82, 2.24) is 0 Å². The molecule has 0 spiro atoms. The predicted octanol–water partition coefficient (Wildman–Crippen LogP) is 3.26. The molecule has 0 aromatic rings. The molecule has 9 heavy (non-hydrogen) atoms. The van der Waals surface area contributed by atoms with Gasteiger partial charge in [-0.15, -0.1) is 0 Å². The molecule has 0 radical (unpaired) electrons. The van der Waals surface area contributed by atoms with Crippen molar-refractivity contribution in [3.05, 3.63) is 35.4 Å². The molecule has 0 aliphatic carbocycles. The highest BCUT2D eigenvalue weighted by Crippen LogP contribution is 2.04. The van der Waals surface area contributed by atoms with Gasteiger partial charge in [-0.2, -0.15) is 0 Å². The number of hydrogen-bond donors (Lipinski definition) is 0. The molecule has 0 aromatic heterocycles. The molecule has 0 nitrogen and oxygen atoms in total. The van der Waals surface area contributed by atoms with Crippen LogP contribution in [0.15, 0.2) is 35.4 Å². The number of hydrogen-bond acceptors (Lipinski definition) is 0. The minimum absolute atomic E-state index is 0.575. The highest BCUT2D eigenvalue weighted by atomic mass is 35.5. The standard InChI is InChI=1S/C8H11Cl/c1-4-5-7(2)6-8(3)9/h4-6H,3H2,1-2H3/b5-4-,7-6+. The SMILES string of the molecule is C=C(Cl)/C=C(C)/C=C\C. The van der Waals surface area contributed by atoms with Crippen LogP contribution in [-0.2, 0) is 0 Å². The van der Waals surface area contributed by atoms with Gasteiger partial charge in [0.15, 0.2) is 0 Å². The van der Waals surface area contributed by atoms with E-state index in [9.17, 15) is 0 Å². The maximum absolute atomic E-state index is 5.50. The van der Waals surface area contributed by atoms with Crippen LogP contribution in [0.5, 0.6) is 0 Å². The van der Waals surface area contributed by atoms with Gasteiger partial charge >= 0.3 is 0 Å². The zero-order chi connectivity index (χ0) is 7.28. The van der Waals surface area contributed by atoms with E-state index in [2.05, 4.69) is 6.58 Å². The Kier molecular flexibility index (Phi) is 4.16. The Labute approximate surface area is 61.5 Å². The number of halogens is 1. The summed E-state index contributed by atoms with van der Waals surface area (Å²) in [5.74, 6) is 0. The summed E-state index contributed by atoms with van der Waals surface area (Å²) < 4.78 is 0. The molecule has 0 aliphatic heterocycles. The summed E-state index contributed by atoms with van der Waals surface area (Å²) in [6.45, 7) is 7.48. The van der Waals surface area contributed by atoms with E-state index in [0.717, 1.165) is 5.57 Å². The fourth-order valence-corrected chi connectivity index (χ4v) is 0.730. The van der Waals surface area contributed by atoms with Crippen LogP contribution in [0.1, 0.15) is 13.8 Å². The Hall–Kier alpha value is -0.490. The van der Waals surface area contributed by atoms with Crippen LogP contribution in [0.3, 0.4) is 0 Å². The minimum Gasteiger partial charge on any atom is -0.0874 e. The largest absolute Gasteiger partial charge is 0.0874 e. The summed E-state index contributed by atoms with van der Waals surface area (Å²) >= 11 is 5.50. The average molecular weight is 143 g/mol. The average Bonchev–Trinajstić information content (AvgIpc) is 1.63. The van der Waals surface area contributed by atoms with Crippen molar-refractivity contribution >= 4 is 11.6 Å². The highest BCUT2D eigenvalue weighted by Gasteiger charge is 1.80. The number of rotatable bonds is 2. The summed E-state index contributed by atoms with van der Waals surface area (Å²) in [4.78, 5) is 0. The van der Waals surface area contributed by atoms with Crippen LogP contribution < -0.4 is 0 Å². The molecule has 0 aliphatic rings. The molecule has 0 amide bonds. The van der Waals surface area contributed by atoms with E-state index >= 15 is 0 Å². The molecule has 0 saturated carbocycles. The summed E-state index contributed by atoms with van der Waals surface area (Å²) in [6.07, 6.45) is 5.76. The molecule has 50 valence electrons. The van der Waals surface area contributed by atoms with Crippen molar-refractivity contribution in [1.29, 1.82) is 0 Å². The van der Waals surface area contributed by atoms with Crippen molar-refractivity contribution in [3.8, 4) is 0 Å². The van der Waals surface area contributed by atoms with Gasteiger partial charge in [-0.3, -0.25) is 0 Å². The summed E-state index contributed by atoms with van der Waals surface area (Å²) in [5.41, 5.74) is 1.12. The Morgan fingerprint density at radius 2 is 2.11 bits per heavy atom. The third-order valence-electron chi connectivity index (χ3n) is 0.814. The topological polar surface area (TPSA) is 0 Å². The third kappa shape index (κ3) is 5.38. The van der Waals surface area contributed by atoms with E-state index in [1.165, 1.54) is 0 Å². The Balaban J connectivity index is 4.00. The Bertz CT molecular complexity index is 152. The van der Waals surface area contributed by atoms with Crippen LogP contribution in [0.4, 0.5) is 0 Å².